The van der Waals surface area contributed by atoms with Gasteiger partial charge in [0.2, 0.25) is 5.43 Å². The molecule has 28 heavy (non-hydrogen) atoms. The lowest BCUT2D eigenvalue weighted by atomic mass is 9.96. The first-order chi connectivity index (χ1) is 13.2. The summed E-state index contributed by atoms with van der Waals surface area (Å²) in [5.74, 6) is -0.333. The van der Waals surface area contributed by atoms with E-state index in [1.807, 2.05) is 50.5 Å². The zero-order valence-corrected chi connectivity index (χ0v) is 17.5. The summed E-state index contributed by atoms with van der Waals surface area (Å²) in [6.45, 7) is 12.8. The lowest BCUT2D eigenvalue weighted by molar-refractivity contribution is 0.0938. The number of aromatic nitrogens is 1. The van der Waals surface area contributed by atoms with Gasteiger partial charge in [0.25, 0.3) is 5.91 Å². The van der Waals surface area contributed by atoms with E-state index in [-0.39, 0.29) is 22.9 Å². The number of rotatable bonds is 4. The minimum absolute atomic E-state index is 0.186. The third kappa shape index (κ3) is 3.59. The van der Waals surface area contributed by atoms with Crippen LogP contribution in [0.5, 0.6) is 0 Å². The molecule has 1 aromatic heterocycles. The van der Waals surface area contributed by atoms with Gasteiger partial charge in [0, 0.05) is 18.1 Å². The minimum atomic E-state index is -0.333. The Bertz CT molecular complexity index is 1130. The Kier molecular flexibility index (Phi) is 5.41. The average Bonchev–Trinajstić information content (AvgIpc) is 2.65. The number of carbonyl (C=O) groups excluding carboxylic acids is 1. The molecule has 4 nitrogen and oxygen atoms in total. The van der Waals surface area contributed by atoms with E-state index in [0.717, 1.165) is 22.2 Å². The lowest BCUT2D eigenvalue weighted by Crippen LogP contribution is -2.32. The number of hydrogen-bond donors (Lipinski definition) is 1. The molecule has 0 unspecified atom stereocenters. The number of fused-ring (bicyclic) bond motifs is 1. The van der Waals surface area contributed by atoms with Crippen LogP contribution in [0.3, 0.4) is 0 Å². The van der Waals surface area contributed by atoms with E-state index in [0.29, 0.717) is 11.9 Å². The van der Waals surface area contributed by atoms with Crippen molar-refractivity contribution in [3.8, 4) is 0 Å². The number of aryl methyl sites for hydroxylation is 5. The van der Waals surface area contributed by atoms with Crippen LogP contribution < -0.4 is 10.7 Å². The van der Waals surface area contributed by atoms with Gasteiger partial charge in [-0.3, -0.25) is 9.59 Å². The van der Waals surface area contributed by atoms with Crippen LogP contribution in [0.15, 0.2) is 41.3 Å². The molecule has 0 spiro atoms. The molecule has 0 bridgehead atoms. The molecule has 0 saturated heterocycles. The fourth-order valence-electron chi connectivity index (χ4n) is 3.74. The zero-order chi connectivity index (χ0) is 20.6. The molecule has 1 amide bonds. The summed E-state index contributed by atoms with van der Waals surface area (Å²) in [5.41, 5.74) is 6.46. The number of nitrogens with one attached hydrogen (secondary N) is 1. The van der Waals surface area contributed by atoms with E-state index in [4.69, 9.17) is 0 Å². The van der Waals surface area contributed by atoms with Gasteiger partial charge in [-0.2, -0.15) is 0 Å². The second-order valence-corrected chi connectivity index (χ2v) is 7.67. The Balaban J connectivity index is 2.01. The van der Waals surface area contributed by atoms with E-state index < -0.39 is 0 Å². The van der Waals surface area contributed by atoms with Crippen molar-refractivity contribution in [2.45, 2.75) is 54.1 Å². The number of pyridine rings is 1. The van der Waals surface area contributed by atoms with E-state index in [9.17, 15) is 9.59 Å². The Labute approximate surface area is 166 Å². The molecule has 0 aliphatic carbocycles. The summed E-state index contributed by atoms with van der Waals surface area (Å²) < 4.78 is 1.96. The van der Waals surface area contributed by atoms with Crippen LogP contribution in [-0.4, -0.2) is 10.5 Å². The van der Waals surface area contributed by atoms with Crippen molar-refractivity contribution in [2.24, 2.45) is 0 Å². The van der Waals surface area contributed by atoms with Gasteiger partial charge in [0.05, 0.1) is 11.6 Å². The smallest absolute Gasteiger partial charge is 0.257 e. The van der Waals surface area contributed by atoms with E-state index >= 15 is 0 Å². The molecule has 3 aromatic rings. The Hall–Kier alpha value is -2.88. The minimum Gasteiger partial charge on any atom is -0.347 e. The van der Waals surface area contributed by atoms with Crippen molar-refractivity contribution in [3.05, 3.63) is 80.1 Å². The first kappa shape index (κ1) is 19.9. The topological polar surface area (TPSA) is 51.1 Å². The van der Waals surface area contributed by atoms with Crippen LogP contribution in [-0.2, 0) is 6.54 Å². The second kappa shape index (κ2) is 7.63. The Morgan fingerprint density at radius 1 is 1.04 bits per heavy atom. The maximum absolute atomic E-state index is 13.0. The van der Waals surface area contributed by atoms with Gasteiger partial charge in [0.15, 0.2) is 0 Å². The summed E-state index contributed by atoms with van der Waals surface area (Å²) in [5, 5.41) is 3.61. The summed E-state index contributed by atoms with van der Waals surface area (Å²) in [6.07, 6.45) is 1.68. The number of nitrogens with zero attached hydrogens (tertiary/aromatic N) is 1. The van der Waals surface area contributed by atoms with Crippen molar-refractivity contribution in [2.75, 3.05) is 0 Å². The molecular weight excluding hydrogens is 348 g/mol. The number of benzene rings is 2. The molecule has 0 fully saturated rings. The third-order valence-electron chi connectivity index (χ3n) is 5.52. The van der Waals surface area contributed by atoms with Crippen molar-refractivity contribution in [1.82, 2.24) is 9.88 Å². The largest absolute Gasteiger partial charge is 0.347 e. The van der Waals surface area contributed by atoms with Crippen molar-refractivity contribution >= 4 is 16.8 Å². The molecule has 4 heteroatoms. The predicted octanol–water partition coefficient (Wildman–Crippen LogP) is 4.75. The van der Waals surface area contributed by atoms with Gasteiger partial charge >= 0.3 is 0 Å². The summed E-state index contributed by atoms with van der Waals surface area (Å²) in [7, 11) is 0. The highest BCUT2D eigenvalue weighted by molar-refractivity contribution is 5.97. The van der Waals surface area contributed by atoms with Crippen LogP contribution in [0.2, 0.25) is 0 Å². The van der Waals surface area contributed by atoms with Crippen molar-refractivity contribution in [1.29, 1.82) is 0 Å². The average molecular weight is 377 g/mol. The maximum atomic E-state index is 13.0. The zero-order valence-electron chi connectivity index (χ0n) is 17.5. The predicted molar refractivity (Wildman–Crippen MR) is 115 cm³/mol. The summed E-state index contributed by atoms with van der Waals surface area (Å²) in [6, 6.07) is 9.85. The molecule has 0 saturated carbocycles. The van der Waals surface area contributed by atoms with E-state index in [1.165, 1.54) is 11.1 Å². The van der Waals surface area contributed by atoms with Crippen LogP contribution in [0.4, 0.5) is 0 Å². The molecule has 3 rings (SSSR count). The standard InChI is InChI=1S/C24H28N2O2/c1-7-26-13-21(23(27)20-10-14(2)8-9-22(20)26)24(28)25-18(6)19-12-16(4)15(3)11-17(19)5/h8-13,18H,7H2,1-6H3,(H,25,28)/t18-/m1/s1. The van der Waals surface area contributed by atoms with Gasteiger partial charge in [-0.05, 0) is 75.9 Å². The van der Waals surface area contributed by atoms with Crippen LogP contribution in [0.25, 0.3) is 10.9 Å². The highest BCUT2D eigenvalue weighted by Gasteiger charge is 2.19. The molecule has 146 valence electrons. The first-order valence-electron chi connectivity index (χ1n) is 9.75. The van der Waals surface area contributed by atoms with Crippen molar-refractivity contribution < 1.29 is 4.79 Å². The normalized spacial score (nSPS) is 12.2. The second-order valence-electron chi connectivity index (χ2n) is 7.67. The van der Waals surface area contributed by atoms with Crippen LogP contribution >= 0.6 is 0 Å². The van der Waals surface area contributed by atoms with Gasteiger partial charge in [0.1, 0.15) is 5.56 Å². The number of amides is 1. The first-order valence-corrected chi connectivity index (χ1v) is 9.75. The molecule has 0 radical (unpaired) electrons. The lowest BCUT2D eigenvalue weighted by Gasteiger charge is -2.19. The van der Waals surface area contributed by atoms with Gasteiger partial charge in [-0.1, -0.05) is 23.8 Å². The monoisotopic (exact) mass is 376 g/mol. The molecule has 0 aliphatic rings. The fraction of sp³-hybridized carbons (Fsp3) is 0.333. The molecule has 0 aliphatic heterocycles. The van der Waals surface area contributed by atoms with Crippen molar-refractivity contribution in [3.63, 3.8) is 0 Å². The number of carbonyl (C=O) groups is 1. The molecule has 1 atom stereocenters. The summed E-state index contributed by atoms with van der Waals surface area (Å²) >= 11 is 0. The molecule has 2 aromatic carbocycles. The SMILES string of the molecule is CCn1cc(C(=O)N[C@H](C)c2cc(C)c(C)cc2C)c(=O)c2cc(C)ccc21. The molecule has 1 heterocycles. The van der Waals surface area contributed by atoms with E-state index in [1.54, 1.807) is 6.20 Å². The van der Waals surface area contributed by atoms with Gasteiger partial charge in [-0.15, -0.1) is 0 Å². The Morgan fingerprint density at radius 2 is 1.71 bits per heavy atom. The third-order valence-corrected chi connectivity index (χ3v) is 5.52. The highest BCUT2D eigenvalue weighted by atomic mass is 16.2. The summed E-state index contributed by atoms with van der Waals surface area (Å²) in [4.78, 5) is 26.0. The molecular formula is C24H28N2O2. The maximum Gasteiger partial charge on any atom is 0.257 e. The fourth-order valence-corrected chi connectivity index (χ4v) is 3.74. The number of hydrogen-bond acceptors (Lipinski definition) is 2. The van der Waals surface area contributed by atoms with E-state index in [2.05, 4.69) is 31.3 Å². The quantitative estimate of drug-likeness (QED) is 0.715. The van der Waals surface area contributed by atoms with Gasteiger partial charge < -0.3 is 9.88 Å². The molecule has 1 N–H and O–H groups in total. The van der Waals surface area contributed by atoms with Crippen LogP contribution in [0.1, 0.15) is 58.1 Å². The highest BCUT2D eigenvalue weighted by Crippen LogP contribution is 2.22. The van der Waals surface area contributed by atoms with Crippen LogP contribution in [0, 0.1) is 27.7 Å². The van der Waals surface area contributed by atoms with Gasteiger partial charge in [-0.25, -0.2) is 0 Å². The Morgan fingerprint density at radius 3 is 2.39 bits per heavy atom.